The molecule has 0 aromatic heterocycles. The van der Waals surface area contributed by atoms with Crippen molar-refractivity contribution in [1.29, 1.82) is 0 Å². The van der Waals surface area contributed by atoms with Crippen molar-refractivity contribution < 1.29 is 9.53 Å². The number of carbonyl (C=O) groups is 1. The zero-order valence-corrected chi connectivity index (χ0v) is 8.16. The number of ether oxygens (including phenoxy) is 1. The molecule has 1 aliphatic rings. The number of hydrogen-bond acceptors (Lipinski definition) is 3. The number of hydrogen-bond donors (Lipinski definition) is 1. The molecule has 1 atom stereocenters. The summed E-state index contributed by atoms with van der Waals surface area (Å²) in [5.41, 5.74) is 5.33. The summed E-state index contributed by atoms with van der Waals surface area (Å²) in [6.07, 6.45) is 3.31. The number of methoxy groups -OCH3 is 1. The molecule has 13 heavy (non-hydrogen) atoms. The van der Waals surface area contributed by atoms with Gasteiger partial charge in [0.05, 0.1) is 19.2 Å². The summed E-state index contributed by atoms with van der Waals surface area (Å²) in [4.78, 5) is 13.3. The van der Waals surface area contributed by atoms with Gasteiger partial charge in [0.25, 0.3) is 0 Å². The molecule has 1 saturated heterocycles. The van der Waals surface area contributed by atoms with Gasteiger partial charge in [-0.05, 0) is 19.3 Å². The van der Waals surface area contributed by atoms with E-state index in [-0.39, 0.29) is 18.5 Å². The summed E-state index contributed by atoms with van der Waals surface area (Å²) >= 11 is 0. The second kappa shape index (κ2) is 5.19. The van der Waals surface area contributed by atoms with E-state index in [1.165, 1.54) is 6.42 Å². The summed E-state index contributed by atoms with van der Waals surface area (Å²) in [5, 5.41) is 0. The maximum absolute atomic E-state index is 11.4. The Balaban J connectivity index is 2.50. The van der Waals surface area contributed by atoms with Gasteiger partial charge in [-0.15, -0.1) is 0 Å². The molecule has 4 heteroatoms. The van der Waals surface area contributed by atoms with Crippen LogP contribution in [0.5, 0.6) is 0 Å². The molecule has 1 fully saturated rings. The fourth-order valence-corrected chi connectivity index (χ4v) is 1.81. The zero-order valence-electron chi connectivity index (χ0n) is 8.16. The molecular formula is C9H18N2O2. The van der Waals surface area contributed by atoms with Crippen molar-refractivity contribution in [3.63, 3.8) is 0 Å². The Morgan fingerprint density at radius 3 is 3.00 bits per heavy atom. The van der Waals surface area contributed by atoms with Crippen molar-refractivity contribution in [1.82, 2.24) is 4.90 Å². The summed E-state index contributed by atoms with van der Waals surface area (Å²) in [6, 6.07) is 0.245. The fraction of sp³-hybridized carbons (Fsp3) is 0.889. The maximum atomic E-state index is 11.4. The first-order valence-electron chi connectivity index (χ1n) is 4.78. The highest BCUT2D eigenvalue weighted by Crippen LogP contribution is 2.16. The lowest BCUT2D eigenvalue weighted by Gasteiger charge is -2.35. The SMILES string of the molecule is COC[C@@H]1CCCCN1C(=O)CN. The topological polar surface area (TPSA) is 55.6 Å². The Hall–Kier alpha value is -0.610. The van der Waals surface area contributed by atoms with Crippen molar-refractivity contribution >= 4 is 5.91 Å². The monoisotopic (exact) mass is 186 g/mol. The molecule has 76 valence electrons. The third kappa shape index (κ3) is 2.67. The number of piperidine rings is 1. The molecule has 4 nitrogen and oxygen atoms in total. The van der Waals surface area contributed by atoms with E-state index < -0.39 is 0 Å². The minimum Gasteiger partial charge on any atom is -0.383 e. The summed E-state index contributed by atoms with van der Waals surface area (Å²) in [7, 11) is 1.67. The number of amides is 1. The van der Waals surface area contributed by atoms with Gasteiger partial charge < -0.3 is 15.4 Å². The second-order valence-corrected chi connectivity index (χ2v) is 3.40. The molecule has 0 aliphatic carbocycles. The molecule has 0 radical (unpaired) electrons. The average molecular weight is 186 g/mol. The number of likely N-dealkylation sites (tertiary alicyclic amines) is 1. The van der Waals surface area contributed by atoms with Crippen molar-refractivity contribution in [2.75, 3.05) is 26.8 Å². The van der Waals surface area contributed by atoms with Gasteiger partial charge in [0.1, 0.15) is 0 Å². The Kier molecular flexibility index (Phi) is 4.18. The number of nitrogens with two attached hydrogens (primary N) is 1. The van der Waals surface area contributed by atoms with Crippen LogP contribution in [0.4, 0.5) is 0 Å². The van der Waals surface area contributed by atoms with E-state index in [2.05, 4.69) is 0 Å². The van der Waals surface area contributed by atoms with E-state index >= 15 is 0 Å². The molecule has 1 heterocycles. The summed E-state index contributed by atoms with van der Waals surface area (Å²) < 4.78 is 5.07. The lowest BCUT2D eigenvalue weighted by atomic mass is 10.0. The summed E-state index contributed by atoms with van der Waals surface area (Å²) in [5.74, 6) is 0.0433. The Bertz CT molecular complexity index is 171. The highest BCUT2D eigenvalue weighted by molar-refractivity contribution is 5.78. The minimum atomic E-state index is 0.0433. The number of nitrogens with zero attached hydrogens (tertiary/aromatic N) is 1. The van der Waals surface area contributed by atoms with E-state index in [0.29, 0.717) is 6.61 Å². The molecule has 0 spiro atoms. The van der Waals surface area contributed by atoms with Gasteiger partial charge in [-0.25, -0.2) is 0 Å². The van der Waals surface area contributed by atoms with Gasteiger partial charge in [-0.2, -0.15) is 0 Å². The van der Waals surface area contributed by atoms with E-state index in [9.17, 15) is 4.79 Å². The van der Waals surface area contributed by atoms with Crippen LogP contribution in [-0.2, 0) is 9.53 Å². The van der Waals surface area contributed by atoms with Crippen LogP contribution in [0.3, 0.4) is 0 Å². The minimum absolute atomic E-state index is 0.0433. The van der Waals surface area contributed by atoms with Crippen LogP contribution in [0, 0.1) is 0 Å². The van der Waals surface area contributed by atoms with Gasteiger partial charge >= 0.3 is 0 Å². The quantitative estimate of drug-likeness (QED) is 0.673. The van der Waals surface area contributed by atoms with Crippen LogP contribution >= 0.6 is 0 Å². The third-order valence-corrected chi connectivity index (χ3v) is 2.48. The first kappa shape index (κ1) is 10.5. The molecule has 0 saturated carbocycles. The van der Waals surface area contributed by atoms with Crippen molar-refractivity contribution in [3.8, 4) is 0 Å². The first-order valence-corrected chi connectivity index (χ1v) is 4.78. The largest absolute Gasteiger partial charge is 0.383 e. The van der Waals surface area contributed by atoms with Crippen LogP contribution < -0.4 is 5.73 Å². The molecule has 0 unspecified atom stereocenters. The van der Waals surface area contributed by atoms with Crippen molar-refractivity contribution in [2.45, 2.75) is 25.3 Å². The van der Waals surface area contributed by atoms with Crippen molar-refractivity contribution in [3.05, 3.63) is 0 Å². The first-order chi connectivity index (χ1) is 6.29. The average Bonchev–Trinajstić information content (AvgIpc) is 2.18. The van der Waals surface area contributed by atoms with Crippen molar-refractivity contribution in [2.24, 2.45) is 5.73 Å². The smallest absolute Gasteiger partial charge is 0.236 e. The molecule has 0 aromatic carbocycles. The van der Waals surface area contributed by atoms with E-state index in [0.717, 1.165) is 19.4 Å². The molecule has 0 aromatic rings. The van der Waals surface area contributed by atoms with E-state index in [1.54, 1.807) is 7.11 Å². The standard InChI is InChI=1S/C9H18N2O2/c1-13-7-8-4-2-3-5-11(8)9(12)6-10/h8H,2-7,10H2,1H3/t8-/m0/s1. The normalized spacial score (nSPS) is 23.2. The molecule has 1 rings (SSSR count). The van der Waals surface area contributed by atoms with Gasteiger partial charge in [0.15, 0.2) is 0 Å². The van der Waals surface area contributed by atoms with Crippen LogP contribution in [0.25, 0.3) is 0 Å². The highest BCUT2D eigenvalue weighted by atomic mass is 16.5. The highest BCUT2D eigenvalue weighted by Gasteiger charge is 2.25. The van der Waals surface area contributed by atoms with Gasteiger partial charge in [-0.3, -0.25) is 4.79 Å². The Morgan fingerprint density at radius 1 is 1.62 bits per heavy atom. The molecule has 1 amide bonds. The third-order valence-electron chi connectivity index (χ3n) is 2.48. The molecule has 1 aliphatic heterocycles. The predicted octanol–water partition coefficient (Wildman–Crippen LogP) is -0.0274. The zero-order chi connectivity index (χ0) is 9.68. The van der Waals surface area contributed by atoms with Crippen LogP contribution in [0.2, 0.25) is 0 Å². The number of carbonyl (C=O) groups excluding carboxylic acids is 1. The molecule has 0 bridgehead atoms. The van der Waals surface area contributed by atoms with E-state index in [1.807, 2.05) is 4.90 Å². The second-order valence-electron chi connectivity index (χ2n) is 3.40. The van der Waals surface area contributed by atoms with Crippen LogP contribution in [0.1, 0.15) is 19.3 Å². The van der Waals surface area contributed by atoms with Gasteiger partial charge in [0.2, 0.25) is 5.91 Å². The lowest BCUT2D eigenvalue weighted by molar-refractivity contribution is -0.134. The molecular weight excluding hydrogens is 168 g/mol. The fourth-order valence-electron chi connectivity index (χ4n) is 1.81. The van der Waals surface area contributed by atoms with E-state index in [4.69, 9.17) is 10.5 Å². The number of rotatable bonds is 3. The Morgan fingerprint density at radius 2 is 2.38 bits per heavy atom. The van der Waals surface area contributed by atoms with Crippen LogP contribution in [-0.4, -0.2) is 43.7 Å². The lowest BCUT2D eigenvalue weighted by Crippen LogP contribution is -2.48. The van der Waals surface area contributed by atoms with Gasteiger partial charge in [-0.1, -0.05) is 0 Å². The van der Waals surface area contributed by atoms with Crippen LogP contribution in [0.15, 0.2) is 0 Å². The summed E-state index contributed by atoms with van der Waals surface area (Å²) in [6.45, 7) is 1.58. The Labute approximate surface area is 79.0 Å². The maximum Gasteiger partial charge on any atom is 0.236 e. The van der Waals surface area contributed by atoms with Gasteiger partial charge in [0, 0.05) is 13.7 Å². The predicted molar refractivity (Wildman–Crippen MR) is 50.3 cm³/mol. The molecule has 2 N–H and O–H groups in total.